The number of nitrogens with zero attached hydrogens (tertiary/aromatic N) is 3. The van der Waals surface area contributed by atoms with E-state index in [1.165, 1.54) is 21.4 Å². The van der Waals surface area contributed by atoms with E-state index in [9.17, 15) is 8.42 Å². The third-order valence-corrected chi connectivity index (χ3v) is 4.81. The lowest BCUT2D eigenvalue weighted by atomic mass is 10.3. The van der Waals surface area contributed by atoms with Gasteiger partial charge in [-0.05, 0) is 13.3 Å². The molecule has 1 atom stereocenters. The van der Waals surface area contributed by atoms with Crippen molar-refractivity contribution in [2.45, 2.75) is 30.9 Å². The molecule has 1 saturated heterocycles. The number of aryl methyl sites for hydroxylation is 1. The molecule has 1 aromatic heterocycles. The molecule has 0 radical (unpaired) electrons. The molecule has 19 heavy (non-hydrogen) atoms. The Morgan fingerprint density at radius 1 is 1.58 bits per heavy atom. The molecule has 0 aliphatic carbocycles. The largest absolute Gasteiger partial charge is 0.396 e. The zero-order valence-electron chi connectivity index (χ0n) is 10.9. The molecule has 2 rings (SSSR count). The monoisotopic (exact) mass is 289 g/mol. The third kappa shape index (κ3) is 3.33. The average Bonchev–Trinajstić information content (AvgIpc) is 2.86. The number of ether oxygens (including phenoxy) is 1. The second-order valence-corrected chi connectivity index (χ2v) is 6.50. The lowest BCUT2D eigenvalue weighted by Gasteiger charge is -2.29. The number of aromatic nitrogens is 2. The van der Waals surface area contributed by atoms with Gasteiger partial charge in [0, 0.05) is 32.4 Å². The van der Waals surface area contributed by atoms with Crippen molar-refractivity contribution in [3.63, 3.8) is 0 Å². The predicted octanol–water partition coefficient (Wildman–Crippen LogP) is -0.325. The highest BCUT2D eigenvalue weighted by Gasteiger charge is 2.30. The van der Waals surface area contributed by atoms with Gasteiger partial charge < -0.3 is 9.84 Å². The minimum atomic E-state index is -3.49. The first-order chi connectivity index (χ1) is 9.04. The van der Waals surface area contributed by atoms with Gasteiger partial charge in [-0.25, -0.2) is 8.42 Å². The number of aliphatic hydroxyl groups excluding tert-OH is 1. The molecule has 1 aliphatic rings. The summed E-state index contributed by atoms with van der Waals surface area (Å²) in [7, 11) is -3.49. The van der Waals surface area contributed by atoms with Crippen molar-refractivity contribution >= 4 is 10.0 Å². The van der Waals surface area contributed by atoms with Gasteiger partial charge in [0.2, 0.25) is 10.0 Å². The molecule has 1 fully saturated rings. The maximum Gasteiger partial charge on any atom is 0.246 e. The quantitative estimate of drug-likeness (QED) is 0.802. The van der Waals surface area contributed by atoms with Crippen LogP contribution in [0.15, 0.2) is 17.3 Å². The van der Waals surface area contributed by atoms with Crippen molar-refractivity contribution in [3.8, 4) is 0 Å². The van der Waals surface area contributed by atoms with E-state index in [2.05, 4.69) is 5.10 Å². The van der Waals surface area contributed by atoms with E-state index in [0.29, 0.717) is 32.7 Å². The fraction of sp³-hybridized carbons (Fsp3) is 0.727. The molecule has 1 aliphatic heterocycles. The van der Waals surface area contributed by atoms with E-state index in [1.54, 1.807) is 0 Å². The Kier molecular flexibility index (Phi) is 4.56. The maximum atomic E-state index is 12.4. The predicted molar refractivity (Wildman–Crippen MR) is 68.1 cm³/mol. The molecule has 8 heteroatoms. The minimum Gasteiger partial charge on any atom is -0.396 e. The topological polar surface area (TPSA) is 84.7 Å². The first kappa shape index (κ1) is 14.4. The number of sulfonamides is 1. The highest BCUT2D eigenvalue weighted by Crippen LogP contribution is 2.18. The summed E-state index contributed by atoms with van der Waals surface area (Å²) in [5.41, 5.74) is 0. The Bertz CT molecular complexity index is 514. The van der Waals surface area contributed by atoms with Crippen LogP contribution in [0.25, 0.3) is 0 Å². The van der Waals surface area contributed by atoms with Crippen molar-refractivity contribution in [2.75, 3.05) is 26.3 Å². The molecule has 7 nitrogen and oxygen atoms in total. The summed E-state index contributed by atoms with van der Waals surface area (Å²) in [4.78, 5) is 0.194. The number of rotatable bonds is 5. The second-order valence-electron chi connectivity index (χ2n) is 4.56. The molecule has 1 unspecified atom stereocenters. The molecule has 1 aromatic rings. The molecule has 0 bridgehead atoms. The average molecular weight is 289 g/mol. The van der Waals surface area contributed by atoms with Gasteiger partial charge in [0.25, 0.3) is 0 Å². The number of aliphatic hydroxyl groups is 1. The Labute approximate surface area is 112 Å². The molecule has 1 N–H and O–H groups in total. The van der Waals surface area contributed by atoms with Gasteiger partial charge in [0.05, 0.1) is 18.9 Å². The summed E-state index contributed by atoms with van der Waals surface area (Å²) in [6, 6.07) is 0. The first-order valence-electron chi connectivity index (χ1n) is 6.29. The summed E-state index contributed by atoms with van der Waals surface area (Å²) in [6.07, 6.45) is 3.32. The first-order valence-corrected chi connectivity index (χ1v) is 7.73. The SMILES string of the molecule is CC1CN(S(=O)(=O)c2cnn(CCCO)c2)CCO1. The molecule has 2 heterocycles. The fourth-order valence-corrected chi connectivity index (χ4v) is 3.44. The van der Waals surface area contributed by atoms with Crippen molar-refractivity contribution in [1.82, 2.24) is 14.1 Å². The van der Waals surface area contributed by atoms with Crippen LogP contribution in [-0.2, 0) is 21.3 Å². The van der Waals surface area contributed by atoms with E-state index in [1.807, 2.05) is 6.92 Å². The van der Waals surface area contributed by atoms with Crippen molar-refractivity contribution < 1.29 is 18.3 Å². The van der Waals surface area contributed by atoms with Gasteiger partial charge in [0.1, 0.15) is 4.90 Å². The summed E-state index contributed by atoms with van der Waals surface area (Å²) in [5, 5.41) is 12.7. The Hall–Kier alpha value is -0.960. The van der Waals surface area contributed by atoms with E-state index in [-0.39, 0.29) is 17.6 Å². The molecule has 0 saturated carbocycles. The van der Waals surface area contributed by atoms with Crippen molar-refractivity contribution in [3.05, 3.63) is 12.4 Å². The van der Waals surface area contributed by atoms with Crippen LogP contribution in [0.1, 0.15) is 13.3 Å². The molecule has 108 valence electrons. The van der Waals surface area contributed by atoms with Crippen LogP contribution in [0.3, 0.4) is 0 Å². The lowest BCUT2D eigenvalue weighted by molar-refractivity contribution is 0.0102. The van der Waals surface area contributed by atoms with Crippen LogP contribution >= 0.6 is 0 Å². The van der Waals surface area contributed by atoms with Gasteiger partial charge in [-0.3, -0.25) is 4.68 Å². The smallest absolute Gasteiger partial charge is 0.246 e. The molecular weight excluding hydrogens is 270 g/mol. The van der Waals surface area contributed by atoms with E-state index >= 15 is 0 Å². The normalized spacial score (nSPS) is 21.7. The number of morpholine rings is 1. The highest BCUT2D eigenvalue weighted by atomic mass is 32.2. The lowest BCUT2D eigenvalue weighted by Crippen LogP contribution is -2.44. The van der Waals surface area contributed by atoms with Crippen LogP contribution in [0.2, 0.25) is 0 Å². The maximum absolute atomic E-state index is 12.4. The summed E-state index contributed by atoms with van der Waals surface area (Å²) >= 11 is 0. The van der Waals surface area contributed by atoms with Crippen LogP contribution < -0.4 is 0 Å². The fourth-order valence-electron chi connectivity index (χ4n) is 1.99. The van der Waals surface area contributed by atoms with E-state index < -0.39 is 10.0 Å². The molecule has 0 spiro atoms. The van der Waals surface area contributed by atoms with Gasteiger partial charge in [-0.2, -0.15) is 9.40 Å². The Morgan fingerprint density at radius 3 is 3.05 bits per heavy atom. The van der Waals surface area contributed by atoms with Gasteiger partial charge in [0.15, 0.2) is 0 Å². The summed E-state index contributed by atoms with van der Waals surface area (Å²) in [6.45, 7) is 3.57. The van der Waals surface area contributed by atoms with Gasteiger partial charge in [-0.1, -0.05) is 0 Å². The van der Waals surface area contributed by atoms with Crippen molar-refractivity contribution in [2.24, 2.45) is 0 Å². The van der Waals surface area contributed by atoms with Crippen LogP contribution in [0.4, 0.5) is 0 Å². The van der Waals surface area contributed by atoms with Crippen LogP contribution in [0, 0.1) is 0 Å². The minimum absolute atomic E-state index is 0.0585. The van der Waals surface area contributed by atoms with E-state index in [0.717, 1.165) is 0 Å². The molecule has 0 aromatic carbocycles. The summed E-state index contributed by atoms with van der Waals surface area (Å²) < 4.78 is 33.1. The number of hydrogen-bond acceptors (Lipinski definition) is 5. The number of hydrogen-bond donors (Lipinski definition) is 1. The third-order valence-electron chi connectivity index (χ3n) is 3.00. The van der Waals surface area contributed by atoms with Crippen LogP contribution in [-0.4, -0.2) is 60.0 Å². The zero-order chi connectivity index (χ0) is 13.9. The highest BCUT2D eigenvalue weighted by molar-refractivity contribution is 7.89. The zero-order valence-corrected chi connectivity index (χ0v) is 11.7. The summed E-state index contributed by atoms with van der Waals surface area (Å²) in [5.74, 6) is 0. The standard InChI is InChI=1S/C11H19N3O4S/c1-10-8-14(4-6-18-10)19(16,17)11-7-12-13(9-11)3-2-5-15/h7,9-10,15H,2-6,8H2,1H3. The second kappa shape index (κ2) is 6.00. The molecular formula is C11H19N3O4S. The van der Waals surface area contributed by atoms with Gasteiger partial charge >= 0.3 is 0 Å². The van der Waals surface area contributed by atoms with Crippen LogP contribution in [0.5, 0.6) is 0 Å². The van der Waals surface area contributed by atoms with Crippen molar-refractivity contribution in [1.29, 1.82) is 0 Å². The Balaban J connectivity index is 2.12. The van der Waals surface area contributed by atoms with E-state index in [4.69, 9.17) is 9.84 Å². The Morgan fingerprint density at radius 2 is 2.37 bits per heavy atom. The van der Waals surface area contributed by atoms with Gasteiger partial charge in [-0.15, -0.1) is 0 Å². The molecule has 0 amide bonds.